The van der Waals surface area contributed by atoms with Crippen molar-refractivity contribution in [2.24, 2.45) is 0 Å². The van der Waals surface area contributed by atoms with Crippen LogP contribution in [0.4, 0.5) is 0 Å². The average molecular weight is 255 g/mol. The van der Waals surface area contributed by atoms with Gasteiger partial charge >= 0.3 is 0 Å². The van der Waals surface area contributed by atoms with Gasteiger partial charge in [0.2, 0.25) is 0 Å². The molecule has 0 aliphatic heterocycles. The highest BCUT2D eigenvalue weighted by molar-refractivity contribution is 7.97. The molecule has 0 aliphatic rings. The summed E-state index contributed by atoms with van der Waals surface area (Å²) in [5.74, 6) is 0. The lowest BCUT2D eigenvalue weighted by Crippen LogP contribution is -2.02. The van der Waals surface area contributed by atoms with E-state index in [1.54, 1.807) is 11.9 Å². The van der Waals surface area contributed by atoms with Crippen LogP contribution in [0.2, 0.25) is 0 Å². The van der Waals surface area contributed by atoms with Crippen molar-refractivity contribution in [2.45, 2.75) is 11.6 Å². The molecule has 0 aliphatic carbocycles. The minimum absolute atomic E-state index is 0.826. The number of H-pyrrole nitrogens is 1. The second-order valence-corrected chi connectivity index (χ2v) is 4.86. The van der Waals surface area contributed by atoms with Crippen molar-refractivity contribution in [3.05, 3.63) is 60.2 Å². The molecule has 0 radical (unpaired) electrons. The summed E-state index contributed by atoms with van der Waals surface area (Å²) in [4.78, 5) is 0. The molecular weight excluding hydrogens is 242 g/mol. The summed E-state index contributed by atoms with van der Waals surface area (Å²) in [6.45, 7) is 0.826. The molecular formula is C14H13N3S. The highest BCUT2D eigenvalue weighted by Gasteiger charge is 2.04. The Hall–Kier alpha value is -1.78. The van der Waals surface area contributed by atoms with Crippen molar-refractivity contribution >= 4 is 22.9 Å². The summed E-state index contributed by atoms with van der Waals surface area (Å²) < 4.78 is 3.33. The maximum absolute atomic E-state index is 4.30. The van der Waals surface area contributed by atoms with Crippen molar-refractivity contribution in [3.63, 3.8) is 0 Å². The predicted molar refractivity (Wildman–Crippen MR) is 75.2 cm³/mol. The van der Waals surface area contributed by atoms with Crippen molar-refractivity contribution < 1.29 is 0 Å². The van der Waals surface area contributed by atoms with E-state index in [2.05, 4.69) is 33.1 Å². The fourth-order valence-corrected chi connectivity index (χ4v) is 2.55. The van der Waals surface area contributed by atoms with E-state index in [9.17, 15) is 0 Å². The Labute approximate surface area is 110 Å². The van der Waals surface area contributed by atoms with Crippen molar-refractivity contribution in [2.75, 3.05) is 0 Å². The number of aromatic nitrogens is 2. The second kappa shape index (κ2) is 5.25. The summed E-state index contributed by atoms with van der Waals surface area (Å²) in [5, 5.41) is 9.47. The van der Waals surface area contributed by atoms with Gasteiger partial charge in [-0.2, -0.15) is 5.10 Å². The third-order valence-corrected chi connectivity index (χ3v) is 3.52. The molecule has 0 saturated carbocycles. The fourth-order valence-electron chi connectivity index (χ4n) is 1.80. The predicted octanol–water partition coefficient (Wildman–Crippen LogP) is 3.36. The van der Waals surface area contributed by atoms with Gasteiger partial charge in [0.25, 0.3) is 0 Å². The smallest absolute Gasteiger partial charge is 0.141 e. The molecule has 2 aromatic carbocycles. The summed E-state index contributed by atoms with van der Waals surface area (Å²) in [7, 11) is 0. The van der Waals surface area contributed by atoms with E-state index in [1.165, 1.54) is 5.56 Å². The van der Waals surface area contributed by atoms with Crippen LogP contribution < -0.4 is 4.72 Å². The topological polar surface area (TPSA) is 40.7 Å². The SMILES string of the molecule is c1ccc(CNSc2n[nH]c3ccccc23)cc1. The first kappa shape index (κ1) is 11.3. The molecule has 90 valence electrons. The van der Waals surface area contributed by atoms with Gasteiger partial charge in [-0.05, 0) is 29.6 Å². The largest absolute Gasteiger partial charge is 0.277 e. The van der Waals surface area contributed by atoms with Gasteiger partial charge in [0.05, 0.1) is 5.52 Å². The lowest BCUT2D eigenvalue weighted by atomic mass is 10.2. The van der Waals surface area contributed by atoms with E-state index >= 15 is 0 Å². The quantitative estimate of drug-likeness (QED) is 0.702. The molecule has 0 unspecified atom stereocenters. The summed E-state index contributed by atoms with van der Waals surface area (Å²) >= 11 is 1.56. The Bertz CT molecular complexity index is 634. The van der Waals surface area contributed by atoms with Crippen LogP contribution in [0.3, 0.4) is 0 Å². The van der Waals surface area contributed by atoms with Gasteiger partial charge in [-0.25, -0.2) is 0 Å². The van der Waals surface area contributed by atoms with Gasteiger partial charge in [-0.15, -0.1) is 0 Å². The highest BCUT2D eigenvalue weighted by Crippen LogP contribution is 2.23. The average Bonchev–Trinajstić information content (AvgIpc) is 2.84. The molecule has 0 saturated heterocycles. The zero-order chi connectivity index (χ0) is 12.2. The summed E-state index contributed by atoms with van der Waals surface area (Å²) in [6.07, 6.45) is 0. The maximum Gasteiger partial charge on any atom is 0.141 e. The minimum Gasteiger partial charge on any atom is -0.277 e. The van der Waals surface area contributed by atoms with Crippen molar-refractivity contribution in [1.82, 2.24) is 14.9 Å². The molecule has 1 heterocycles. The van der Waals surface area contributed by atoms with Crippen LogP contribution in [-0.2, 0) is 6.54 Å². The van der Waals surface area contributed by atoms with Crippen molar-refractivity contribution in [1.29, 1.82) is 0 Å². The Morgan fingerprint density at radius 3 is 2.67 bits per heavy atom. The maximum atomic E-state index is 4.30. The highest BCUT2D eigenvalue weighted by atomic mass is 32.2. The third kappa shape index (κ3) is 2.39. The first-order valence-electron chi connectivity index (χ1n) is 5.80. The van der Waals surface area contributed by atoms with E-state index in [0.29, 0.717) is 0 Å². The molecule has 0 spiro atoms. The molecule has 3 nitrogen and oxygen atoms in total. The van der Waals surface area contributed by atoms with Crippen LogP contribution in [0.5, 0.6) is 0 Å². The molecule has 3 aromatic rings. The van der Waals surface area contributed by atoms with Crippen LogP contribution in [-0.4, -0.2) is 10.2 Å². The fraction of sp³-hybridized carbons (Fsp3) is 0.0714. The number of hydrogen-bond acceptors (Lipinski definition) is 3. The molecule has 18 heavy (non-hydrogen) atoms. The third-order valence-electron chi connectivity index (χ3n) is 2.72. The zero-order valence-corrected chi connectivity index (χ0v) is 10.6. The van der Waals surface area contributed by atoms with E-state index in [0.717, 1.165) is 22.5 Å². The normalized spacial score (nSPS) is 10.9. The van der Waals surface area contributed by atoms with Crippen LogP contribution in [0.1, 0.15) is 5.56 Å². The van der Waals surface area contributed by atoms with Crippen LogP contribution in [0, 0.1) is 0 Å². The second-order valence-electron chi connectivity index (χ2n) is 3.98. The number of rotatable bonds is 4. The number of para-hydroxylation sites is 1. The van der Waals surface area contributed by atoms with Crippen LogP contribution in [0.25, 0.3) is 10.9 Å². The molecule has 3 rings (SSSR count). The van der Waals surface area contributed by atoms with Gasteiger partial charge in [0, 0.05) is 11.9 Å². The monoisotopic (exact) mass is 255 g/mol. The molecule has 0 amide bonds. The molecule has 1 aromatic heterocycles. The van der Waals surface area contributed by atoms with Gasteiger partial charge in [0.1, 0.15) is 5.03 Å². The number of fused-ring (bicyclic) bond motifs is 1. The van der Waals surface area contributed by atoms with Gasteiger partial charge in [-0.1, -0.05) is 42.5 Å². The summed E-state index contributed by atoms with van der Waals surface area (Å²) in [5.41, 5.74) is 2.34. The van der Waals surface area contributed by atoms with Crippen molar-refractivity contribution in [3.8, 4) is 0 Å². The molecule has 0 bridgehead atoms. The van der Waals surface area contributed by atoms with E-state index in [-0.39, 0.29) is 0 Å². The standard InChI is InChI=1S/C14H13N3S/c1-2-6-11(7-3-1)10-15-18-14-12-8-4-5-9-13(12)16-17-14/h1-9,15H,10H2,(H,16,17). The zero-order valence-electron chi connectivity index (χ0n) is 9.76. The Kier molecular flexibility index (Phi) is 3.30. The van der Waals surface area contributed by atoms with Crippen LogP contribution in [0.15, 0.2) is 59.6 Å². The number of nitrogens with one attached hydrogen (secondary N) is 2. The Balaban J connectivity index is 1.67. The molecule has 0 fully saturated rings. The molecule has 4 heteroatoms. The number of hydrogen-bond donors (Lipinski definition) is 2. The summed E-state index contributed by atoms with van der Waals surface area (Å²) in [6, 6.07) is 18.5. The lowest BCUT2D eigenvalue weighted by Gasteiger charge is -2.02. The first-order chi connectivity index (χ1) is 8.93. The van der Waals surface area contributed by atoms with Gasteiger partial charge in [0.15, 0.2) is 0 Å². The van der Waals surface area contributed by atoms with E-state index in [1.807, 2.05) is 36.4 Å². The Morgan fingerprint density at radius 2 is 1.78 bits per heavy atom. The lowest BCUT2D eigenvalue weighted by molar-refractivity contribution is 0.957. The Morgan fingerprint density at radius 1 is 1.00 bits per heavy atom. The van der Waals surface area contributed by atoms with E-state index in [4.69, 9.17) is 0 Å². The van der Waals surface area contributed by atoms with Gasteiger partial charge < -0.3 is 0 Å². The first-order valence-corrected chi connectivity index (χ1v) is 6.62. The number of aromatic amines is 1. The molecule has 2 N–H and O–H groups in total. The minimum atomic E-state index is 0.826. The number of nitrogens with zero attached hydrogens (tertiary/aromatic N) is 1. The van der Waals surface area contributed by atoms with E-state index < -0.39 is 0 Å². The van der Waals surface area contributed by atoms with Gasteiger partial charge in [-0.3, -0.25) is 9.82 Å². The number of benzene rings is 2. The van der Waals surface area contributed by atoms with Crippen LogP contribution >= 0.6 is 11.9 Å². The molecule has 0 atom stereocenters.